The number of carbonyl (C=O) groups is 1. The number of amides is 1. The first-order valence-corrected chi connectivity index (χ1v) is 7.84. The molecule has 0 aliphatic carbocycles. The Labute approximate surface area is 123 Å². The van der Waals surface area contributed by atoms with E-state index in [1.165, 1.54) is 4.21 Å². The molecule has 3 aromatic rings. The van der Waals surface area contributed by atoms with Crippen LogP contribution in [-0.2, 0) is 5.75 Å². The molecule has 3 N–H and O–H groups in total. The molecule has 0 radical (unpaired) electrons. The number of fused-ring (bicyclic) bond motifs is 1. The molecule has 6 heteroatoms. The average Bonchev–Trinajstić information content (AvgIpc) is 3.11. The quantitative estimate of drug-likeness (QED) is 0.335. The van der Waals surface area contributed by atoms with Crippen LogP contribution >= 0.6 is 23.1 Å². The summed E-state index contributed by atoms with van der Waals surface area (Å²) in [6, 6.07) is 11.5. The third-order valence-corrected chi connectivity index (χ3v) is 5.00. The predicted octanol–water partition coefficient (Wildman–Crippen LogP) is 3.39. The van der Waals surface area contributed by atoms with Gasteiger partial charge >= 0.3 is 0 Å². The summed E-state index contributed by atoms with van der Waals surface area (Å²) in [5.74, 6) is 6.19. The van der Waals surface area contributed by atoms with Gasteiger partial charge in [0.25, 0.3) is 5.91 Å². The number of rotatable bonds is 4. The van der Waals surface area contributed by atoms with Crippen molar-refractivity contribution in [3.8, 4) is 0 Å². The van der Waals surface area contributed by atoms with E-state index in [0.29, 0.717) is 22.7 Å². The van der Waals surface area contributed by atoms with E-state index in [-0.39, 0.29) is 5.91 Å². The molecule has 0 saturated heterocycles. The topological polar surface area (TPSA) is 68.3 Å². The summed E-state index contributed by atoms with van der Waals surface area (Å²) in [6.07, 6.45) is 0. The van der Waals surface area contributed by atoms with Crippen LogP contribution in [0.1, 0.15) is 16.1 Å². The number of hydrogen-bond donors (Lipinski definition) is 2. The van der Waals surface area contributed by atoms with Gasteiger partial charge in [-0.25, -0.2) is 5.84 Å². The molecule has 3 rings (SSSR count). The van der Waals surface area contributed by atoms with Crippen LogP contribution in [0.5, 0.6) is 0 Å². The van der Waals surface area contributed by atoms with Gasteiger partial charge in [0, 0.05) is 5.39 Å². The second kappa shape index (κ2) is 5.70. The van der Waals surface area contributed by atoms with E-state index in [1.807, 2.05) is 41.8 Å². The van der Waals surface area contributed by atoms with E-state index in [4.69, 9.17) is 10.3 Å². The third-order valence-electron chi connectivity index (χ3n) is 2.87. The van der Waals surface area contributed by atoms with Crippen LogP contribution in [0, 0.1) is 0 Å². The van der Waals surface area contributed by atoms with Gasteiger partial charge in [-0.15, -0.1) is 23.1 Å². The number of furan rings is 1. The lowest BCUT2D eigenvalue weighted by molar-refractivity contribution is 0.0953. The van der Waals surface area contributed by atoms with Gasteiger partial charge in [-0.2, -0.15) is 0 Å². The highest BCUT2D eigenvalue weighted by Crippen LogP contribution is 2.32. The van der Waals surface area contributed by atoms with E-state index in [1.54, 1.807) is 23.1 Å². The molecule has 0 aliphatic heterocycles. The van der Waals surface area contributed by atoms with Crippen molar-refractivity contribution in [1.82, 2.24) is 5.43 Å². The van der Waals surface area contributed by atoms with Gasteiger partial charge in [-0.3, -0.25) is 10.2 Å². The summed E-state index contributed by atoms with van der Waals surface area (Å²) in [6.45, 7) is 0. The number of nitrogen functional groups attached to an aromatic ring is 1. The highest BCUT2D eigenvalue weighted by Gasteiger charge is 2.19. The summed E-state index contributed by atoms with van der Waals surface area (Å²) in [5, 5.41) is 2.81. The fourth-order valence-electron chi connectivity index (χ4n) is 2.00. The number of benzene rings is 1. The maximum absolute atomic E-state index is 12.0. The molecule has 102 valence electrons. The monoisotopic (exact) mass is 304 g/mol. The van der Waals surface area contributed by atoms with E-state index in [9.17, 15) is 4.79 Å². The van der Waals surface area contributed by atoms with E-state index >= 15 is 0 Å². The Morgan fingerprint density at radius 2 is 2.15 bits per heavy atom. The molecule has 1 amide bonds. The molecule has 1 aromatic carbocycles. The van der Waals surface area contributed by atoms with E-state index < -0.39 is 0 Å². The Morgan fingerprint density at radius 3 is 2.90 bits per heavy atom. The molecular weight excluding hydrogens is 292 g/mol. The second-order valence-electron chi connectivity index (χ2n) is 4.09. The first-order valence-electron chi connectivity index (χ1n) is 5.97. The normalized spacial score (nSPS) is 10.8. The number of para-hydroxylation sites is 1. The van der Waals surface area contributed by atoms with Crippen molar-refractivity contribution in [2.75, 3.05) is 0 Å². The summed E-state index contributed by atoms with van der Waals surface area (Å²) in [7, 11) is 0. The first kappa shape index (κ1) is 13.2. The maximum Gasteiger partial charge on any atom is 0.269 e. The first-order chi connectivity index (χ1) is 9.79. The number of thiophene rings is 1. The number of carbonyl (C=O) groups excluding carboxylic acids is 1. The average molecular weight is 304 g/mol. The van der Waals surface area contributed by atoms with Crippen molar-refractivity contribution in [3.05, 3.63) is 53.1 Å². The number of thioether (sulfide) groups is 1. The van der Waals surface area contributed by atoms with E-state index in [0.717, 1.165) is 5.39 Å². The van der Waals surface area contributed by atoms with Crippen LogP contribution in [0.25, 0.3) is 11.0 Å². The summed E-state index contributed by atoms with van der Waals surface area (Å²) in [5.41, 5.74) is 3.41. The smallest absolute Gasteiger partial charge is 0.269 e. The molecule has 4 nitrogen and oxygen atoms in total. The molecule has 0 atom stereocenters. The molecule has 2 aromatic heterocycles. The van der Waals surface area contributed by atoms with Crippen molar-refractivity contribution >= 4 is 40.0 Å². The fraction of sp³-hybridized carbons (Fsp3) is 0.0714. The standard InChI is InChI=1S/C14H12N2O2S2/c15-16-14(17)13-9-4-1-2-5-10(9)18-11(13)8-20-12-6-3-7-19-12/h1-7H,8,15H2,(H,16,17). The van der Waals surface area contributed by atoms with Crippen LogP contribution in [0.3, 0.4) is 0 Å². The highest BCUT2D eigenvalue weighted by atomic mass is 32.2. The molecular formula is C14H12N2O2S2. The summed E-state index contributed by atoms with van der Waals surface area (Å²) in [4.78, 5) is 12.0. The maximum atomic E-state index is 12.0. The molecule has 20 heavy (non-hydrogen) atoms. The predicted molar refractivity (Wildman–Crippen MR) is 81.7 cm³/mol. The summed E-state index contributed by atoms with van der Waals surface area (Å²) >= 11 is 3.31. The minimum atomic E-state index is -0.322. The van der Waals surface area contributed by atoms with Gasteiger partial charge < -0.3 is 4.42 Å². The lowest BCUT2D eigenvalue weighted by atomic mass is 10.1. The van der Waals surface area contributed by atoms with Crippen LogP contribution in [-0.4, -0.2) is 5.91 Å². The number of nitrogens with two attached hydrogens (primary N) is 1. The lowest BCUT2D eigenvalue weighted by Crippen LogP contribution is -2.30. The zero-order valence-electron chi connectivity index (χ0n) is 10.5. The Morgan fingerprint density at radius 1 is 1.30 bits per heavy atom. The molecule has 0 bridgehead atoms. The molecule has 2 heterocycles. The number of hydrogen-bond acceptors (Lipinski definition) is 5. The van der Waals surface area contributed by atoms with Crippen LogP contribution in [0.2, 0.25) is 0 Å². The van der Waals surface area contributed by atoms with Crippen molar-refractivity contribution in [3.63, 3.8) is 0 Å². The Balaban J connectivity index is 1.98. The SMILES string of the molecule is NNC(=O)c1c(CSc2cccs2)oc2ccccc12. The lowest BCUT2D eigenvalue weighted by Gasteiger charge is -2.01. The van der Waals surface area contributed by atoms with Crippen LogP contribution < -0.4 is 11.3 Å². The Hall–Kier alpha value is -1.76. The minimum Gasteiger partial charge on any atom is -0.459 e. The van der Waals surface area contributed by atoms with Crippen molar-refractivity contribution in [1.29, 1.82) is 0 Å². The van der Waals surface area contributed by atoms with Crippen molar-refractivity contribution in [2.24, 2.45) is 5.84 Å². The highest BCUT2D eigenvalue weighted by molar-refractivity contribution is 8.00. The van der Waals surface area contributed by atoms with Gasteiger partial charge in [0.15, 0.2) is 0 Å². The largest absolute Gasteiger partial charge is 0.459 e. The molecule has 0 unspecified atom stereocenters. The molecule has 0 aliphatic rings. The van der Waals surface area contributed by atoms with Crippen molar-refractivity contribution < 1.29 is 9.21 Å². The molecule has 0 saturated carbocycles. The van der Waals surface area contributed by atoms with Gasteiger partial charge in [0.2, 0.25) is 0 Å². The van der Waals surface area contributed by atoms with Gasteiger partial charge in [-0.05, 0) is 17.5 Å². The number of hydrazine groups is 1. The molecule has 0 spiro atoms. The Kier molecular flexibility index (Phi) is 3.77. The second-order valence-corrected chi connectivity index (χ2v) is 6.31. The van der Waals surface area contributed by atoms with Crippen LogP contribution in [0.4, 0.5) is 0 Å². The van der Waals surface area contributed by atoms with Gasteiger partial charge in [0.05, 0.1) is 15.5 Å². The minimum absolute atomic E-state index is 0.322. The van der Waals surface area contributed by atoms with Gasteiger partial charge in [-0.1, -0.05) is 24.3 Å². The number of nitrogens with one attached hydrogen (secondary N) is 1. The van der Waals surface area contributed by atoms with Crippen molar-refractivity contribution in [2.45, 2.75) is 9.96 Å². The van der Waals surface area contributed by atoms with Crippen LogP contribution in [0.15, 0.2) is 50.4 Å². The fourth-order valence-corrected chi connectivity index (χ4v) is 3.72. The third kappa shape index (κ3) is 2.45. The zero-order valence-corrected chi connectivity index (χ0v) is 12.1. The van der Waals surface area contributed by atoms with Gasteiger partial charge in [0.1, 0.15) is 11.3 Å². The van der Waals surface area contributed by atoms with E-state index in [2.05, 4.69) is 5.43 Å². The Bertz CT molecular complexity index is 735. The molecule has 0 fully saturated rings. The zero-order chi connectivity index (χ0) is 13.9. The summed E-state index contributed by atoms with van der Waals surface area (Å²) < 4.78 is 6.97.